The second-order valence-electron chi connectivity index (χ2n) is 8.05. The molecule has 0 fully saturated rings. The van der Waals surface area contributed by atoms with Crippen molar-refractivity contribution in [2.45, 2.75) is 142 Å². The standard InChI is InChI=1S/C26H50/c1-3-5-7-9-11-13-15-17-19-21-23-25-26-24-22-20-18-16-14-12-10-8-6-4-2/h13,15,21,23H,3-12,14,16-20,22,24-26H2,1-2H3/b15-13-,23-21-. The molecule has 0 radical (unpaired) electrons. The van der Waals surface area contributed by atoms with Crippen LogP contribution in [0, 0.1) is 0 Å². The highest BCUT2D eigenvalue weighted by Gasteiger charge is 1.93. The Morgan fingerprint density at radius 1 is 0.308 bits per heavy atom. The smallest absolute Gasteiger partial charge is 0.0316 e. The molecule has 0 saturated heterocycles. The average Bonchev–Trinajstić information content (AvgIpc) is 2.66. The predicted molar refractivity (Wildman–Crippen MR) is 122 cm³/mol. The molecule has 0 amide bonds. The Morgan fingerprint density at radius 2 is 0.577 bits per heavy atom. The molecular weight excluding hydrogens is 312 g/mol. The van der Waals surface area contributed by atoms with Crippen molar-refractivity contribution in [2.75, 3.05) is 0 Å². The normalized spacial score (nSPS) is 11.9. The fourth-order valence-corrected chi connectivity index (χ4v) is 3.46. The quantitative estimate of drug-likeness (QED) is 0.141. The van der Waals surface area contributed by atoms with Gasteiger partial charge in [-0.2, -0.15) is 0 Å². The van der Waals surface area contributed by atoms with Gasteiger partial charge >= 0.3 is 0 Å². The van der Waals surface area contributed by atoms with E-state index in [1.54, 1.807) is 0 Å². The summed E-state index contributed by atoms with van der Waals surface area (Å²) in [6.07, 6.45) is 37.4. The third-order valence-corrected chi connectivity index (χ3v) is 5.28. The van der Waals surface area contributed by atoms with E-state index in [1.165, 1.54) is 128 Å². The minimum Gasteiger partial charge on any atom is -0.0885 e. The Kier molecular flexibility index (Phi) is 24.0. The topological polar surface area (TPSA) is 0 Å². The van der Waals surface area contributed by atoms with Crippen LogP contribution in [0.15, 0.2) is 24.3 Å². The molecule has 154 valence electrons. The summed E-state index contributed by atoms with van der Waals surface area (Å²) in [6.45, 7) is 4.57. The molecule has 0 heterocycles. The fourth-order valence-electron chi connectivity index (χ4n) is 3.46. The molecule has 0 saturated carbocycles. The summed E-state index contributed by atoms with van der Waals surface area (Å²) in [5, 5.41) is 0. The van der Waals surface area contributed by atoms with Gasteiger partial charge in [-0.05, 0) is 38.5 Å². The molecule has 0 aliphatic carbocycles. The van der Waals surface area contributed by atoms with Gasteiger partial charge in [0.15, 0.2) is 0 Å². The summed E-state index contributed by atoms with van der Waals surface area (Å²) in [6, 6.07) is 0. The van der Waals surface area contributed by atoms with Crippen LogP contribution >= 0.6 is 0 Å². The van der Waals surface area contributed by atoms with Crippen molar-refractivity contribution in [3.8, 4) is 0 Å². The molecule has 0 aromatic carbocycles. The molecule has 0 aromatic rings. The second-order valence-corrected chi connectivity index (χ2v) is 8.05. The molecule has 0 spiro atoms. The van der Waals surface area contributed by atoms with Crippen molar-refractivity contribution < 1.29 is 0 Å². The first-order valence-electron chi connectivity index (χ1n) is 12.2. The zero-order valence-electron chi connectivity index (χ0n) is 18.5. The molecular formula is C26H50. The summed E-state index contributed by atoms with van der Waals surface area (Å²) in [7, 11) is 0. The lowest BCUT2D eigenvalue weighted by Gasteiger charge is -2.02. The summed E-state index contributed by atoms with van der Waals surface area (Å²) in [5.74, 6) is 0. The van der Waals surface area contributed by atoms with Crippen LogP contribution in [0.3, 0.4) is 0 Å². The Morgan fingerprint density at radius 3 is 0.962 bits per heavy atom. The number of hydrogen-bond donors (Lipinski definition) is 0. The first kappa shape index (κ1) is 25.5. The molecule has 0 bridgehead atoms. The maximum Gasteiger partial charge on any atom is -0.0316 e. The third-order valence-electron chi connectivity index (χ3n) is 5.28. The summed E-state index contributed by atoms with van der Waals surface area (Å²) in [4.78, 5) is 0. The molecule has 0 unspecified atom stereocenters. The monoisotopic (exact) mass is 362 g/mol. The zero-order valence-corrected chi connectivity index (χ0v) is 18.5. The van der Waals surface area contributed by atoms with Crippen LogP contribution < -0.4 is 0 Å². The highest BCUT2D eigenvalue weighted by molar-refractivity contribution is 4.88. The van der Waals surface area contributed by atoms with Gasteiger partial charge in [0.25, 0.3) is 0 Å². The van der Waals surface area contributed by atoms with Crippen LogP contribution in [0.2, 0.25) is 0 Å². The van der Waals surface area contributed by atoms with Crippen molar-refractivity contribution in [1.82, 2.24) is 0 Å². The van der Waals surface area contributed by atoms with Crippen LogP contribution in [0.5, 0.6) is 0 Å². The summed E-state index contributed by atoms with van der Waals surface area (Å²) < 4.78 is 0. The number of unbranched alkanes of at least 4 members (excludes halogenated alkanes) is 17. The van der Waals surface area contributed by atoms with E-state index in [2.05, 4.69) is 38.2 Å². The van der Waals surface area contributed by atoms with Gasteiger partial charge < -0.3 is 0 Å². The van der Waals surface area contributed by atoms with E-state index < -0.39 is 0 Å². The molecule has 0 rings (SSSR count). The van der Waals surface area contributed by atoms with Gasteiger partial charge in [0.2, 0.25) is 0 Å². The van der Waals surface area contributed by atoms with Gasteiger partial charge in [-0.1, -0.05) is 128 Å². The minimum absolute atomic E-state index is 1.22. The first-order valence-corrected chi connectivity index (χ1v) is 12.2. The number of hydrogen-bond acceptors (Lipinski definition) is 0. The van der Waals surface area contributed by atoms with Gasteiger partial charge in [0, 0.05) is 0 Å². The first-order chi connectivity index (χ1) is 12.9. The van der Waals surface area contributed by atoms with Crippen molar-refractivity contribution in [2.24, 2.45) is 0 Å². The summed E-state index contributed by atoms with van der Waals surface area (Å²) >= 11 is 0. The Balaban J connectivity index is 3.11. The Hall–Kier alpha value is -0.520. The Bertz CT molecular complexity index is 286. The second kappa shape index (κ2) is 24.5. The van der Waals surface area contributed by atoms with Gasteiger partial charge in [0.1, 0.15) is 0 Å². The maximum atomic E-state index is 2.41. The Labute approximate surface area is 166 Å². The van der Waals surface area contributed by atoms with E-state index >= 15 is 0 Å². The van der Waals surface area contributed by atoms with E-state index in [0.717, 1.165) is 0 Å². The highest BCUT2D eigenvalue weighted by Crippen LogP contribution is 2.12. The van der Waals surface area contributed by atoms with Crippen LogP contribution in [0.25, 0.3) is 0 Å². The molecule has 0 nitrogen and oxygen atoms in total. The van der Waals surface area contributed by atoms with Crippen LogP contribution in [0.1, 0.15) is 142 Å². The van der Waals surface area contributed by atoms with Crippen molar-refractivity contribution >= 4 is 0 Å². The molecule has 0 heteroatoms. The molecule has 0 aliphatic heterocycles. The lowest BCUT2D eigenvalue weighted by atomic mass is 10.0. The number of allylic oxidation sites excluding steroid dienone is 4. The lowest BCUT2D eigenvalue weighted by Crippen LogP contribution is -1.82. The van der Waals surface area contributed by atoms with E-state index in [1.807, 2.05) is 0 Å². The van der Waals surface area contributed by atoms with Crippen molar-refractivity contribution in [3.05, 3.63) is 24.3 Å². The maximum absolute atomic E-state index is 2.41. The number of rotatable bonds is 21. The van der Waals surface area contributed by atoms with E-state index in [9.17, 15) is 0 Å². The van der Waals surface area contributed by atoms with Gasteiger partial charge in [-0.25, -0.2) is 0 Å². The SMILES string of the molecule is CCCCCC/C=C\CC/C=C\CCCCCCCCCCCCCC. The third kappa shape index (κ3) is 23.5. The van der Waals surface area contributed by atoms with Crippen LogP contribution in [0.4, 0.5) is 0 Å². The van der Waals surface area contributed by atoms with Crippen LogP contribution in [-0.2, 0) is 0 Å². The van der Waals surface area contributed by atoms with Gasteiger partial charge in [-0.3, -0.25) is 0 Å². The summed E-state index contributed by atoms with van der Waals surface area (Å²) in [5.41, 5.74) is 0. The molecule has 0 N–H and O–H groups in total. The minimum atomic E-state index is 1.22. The largest absolute Gasteiger partial charge is 0.0885 e. The van der Waals surface area contributed by atoms with Gasteiger partial charge in [-0.15, -0.1) is 0 Å². The lowest BCUT2D eigenvalue weighted by molar-refractivity contribution is 0.545. The molecule has 26 heavy (non-hydrogen) atoms. The van der Waals surface area contributed by atoms with E-state index in [0.29, 0.717) is 0 Å². The molecule has 0 aromatic heterocycles. The van der Waals surface area contributed by atoms with Crippen molar-refractivity contribution in [1.29, 1.82) is 0 Å². The fraction of sp³-hybridized carbons (Fsp3) is 0.846. The predicted octanol–water partition coefficient (Wildman–Crippen LogP) is 9.94. The van der Waals surface area contributed by atoms with E-state index in [-0.39, 0.29) is 0 Å². The average molecular weight is 363 g/mol. The molecule has 0 aliphatic rings. The molecule has 0 atom stereocenters. The van der Waals surface area contributed by atoms with Crippen molar-refractivity contribution in [3.63, 3.8) is 0 Å². The zero-order chi connectivity index (χ0) is 19.0. The van der Waals surface area contributed by atoms with Gasteiger partial charge in [0.05, 0.1) is 0 Å². The van der Waals surface area contributed by atoms with Crippen LogP contribution in [-0.4, -0.2) is 0 Å². The highest BCUT2D eigenvalue weighted by atomic mass is 14.0. The van der Waals surface area contributed by atoms with E-state index in [4.69, 9.17) is 0 Å².